The van der Waals surface area contributed by atoms with Crippen molar-refractivity contribution in [2.45, 2.75) is 65.2 Å². The largest absolute Gasteiger partial charge is 0.294 e. The van der Waals surface area contributed by atoms with Gasteiger partial charge in [-0.25, -0.2) is 0 Å². The van der Waals surface area contributed by atoms with Crippen molar-refractivity contribution < 1.29 is 4.79 Å². The molecule has 18 heavy (non-hydrogen) atoms. The number of nitrogens with zero attached hydrogens (tertiary/aromatic N) is 1. The summed E-state index contributed by atoms with van der Waals surface area (Å²) in [5, 5.41) is 0. The van der Waals surface area contributed by atoms with Crippen molar-refractivity contribution >= 4 is 5.78 Å². The molecular weight excluding hydrogens is 222 g/mol. The molecule has 0 N–H and O–H groups in total. The van der Waals surface area contributed by atoms with E-state index in [-0.39, 0.29) is 5.78 Å². The summed E-state index contributed by atoms with van der Waals surface area (Å²) in [6.45, 7) is 4.13. The van der Waals surface area contributed by atoms with E-state index in [0.29, 0.717) is 6.42 Å². The number of Topliss-reactive ketones (excluding diaryl/α,β-unsaturated/α-hetero) is 1. The van der Waals surface area contributed by atoms with E-state index in [2.05, 4.69) is 11.9 Å². The van der Waals surface area contributed by atoms with E-state index in [1.54, 1.807) is 6.20 Å². The smallest absolute Gasteiger partial charge is 0.164 e. The van der Waals surface area contributed by atoms with Crippen molar-refractivity contribution in [3.8, 4) is 0 Å². The van der Waals surface area contributed by atoms with E-state index < -0.39 is 0 Å². The van der Waals surface area contributed by atoms with Crippen molar-refractivity contribution in [3.63, 3.8) is 0 Å². The summed E-state index contributed by atoms with van der Waals surface area (Å²) in [5.41, 5.74) is 1.65. The van der Waals surface area contributed by atoms with E-state index in [9.17, 15) is 4.79 Å². The number of unbranched alkanes of at least 4 members (excludes halogenated alkanes) is 6. The van der Waals surface area contributed by atoms with Crippen molar-refractivity contribution in [2.75, 3.05) is 0 Å². The fourth-order valence-electron chi connectivity index (χ4n) is 2.16. The first-order valence-corrected chi connectivity index (χ1v) is 7.20. The lowest BCUT2D eigenvalue weighted by molar-refractivity contribution is 0.0978. The highest BCUT2D eigenvalue weighted by atomic mass is 16.1. The van der Waals surface area contributed by atoms with Crippen LogP contribution in [0.15, 0.2) is 18.3 Å². The molecular formula is C16H25NO. The number of hydrogen-bond acceptors (Lipinski definition) is 2. The molecule has 0 saturated heterocycles. The van der Waals surface area contributed by atoms with Gasteiger partial charge in [-0.1, -0.05) is 45.4 Å². The Bertz CT molecular complexity index is 360. The summed E-state index contributed by atoms with van der Waals surface area (Å²) in [4.78, 5) is 16.1. The summed E-state index contributed by atoms with van der Waals surface area (Å²) in [7, 11) is 0. The first kappa shape index (κ1) is 14.9. The Morgan fingerprint density at radius 1 is 1.11 bits per heavy atom. The van der Waals surface area contributed by atoms with Crippen molar-refractivity contribution in [1.29, 1.82) is 0 Å². The van der Waals surface area contributed by atoms with Crippen LogP contribution in [-0.4, -0.2) is 10.8 Å². The maximum Gasteiger partial charge on any atom is 0.164 e. The Labute approximate surface area is 111 Å². The minimum absolute atomic E-state index is 0.245. The second kappa shape index (κ2) is 8.84. The molecule has 100 valence electrons. The van der Waals surface area contributed by atoms with Crippen molar-refractivity contribution in [3.05, 3.63) is 29.6 Å². The van der Waals surface area contributed by atoms with E-state index in [1.165, 1.54) is 38.5 Å². The SMILES string of the molecule is CCCCCCCCCC(=O)c1cccnc1C. The fourth-order valence-corrected chi connectivity index (χ4v) is 2.16. The number of pyridine rings is 1. The zero-order valence-electron chi connectivity index (χ0n) is 11.7. The number of rotatable bonds is 9. The standard InChI is InChI=1S/C16H25NO/c1-3-4-5-6-7-8-9-12-16(18)15-11-10-13-17-14(15)2/h10-11,13H,3-9,12H2,1-2H3. The van der Waals surface area contributed by atoms with Crippen LogP contribution < -0.4 is 0 Å². The van der Waals surface area contributed by atoms with Gasteiger partial charge in [0.2, 0.25) is 0 Å². The normalized spacial score (nSPS) is 10.6. The van der Waals surface area contributed by atoms with Gasteiger partial charge in [0.15, 0.2) is 5.78 Å². The molecule has 0 aliphatic heterocycles. The summed E-state index contributed by atoms with van der Waals surface area (Å²) in [5.74, 6) is 0.245. The first-order valence-electron chi connectivity index (χ1n) is 7.20. The Balaban J connectivity index is 2.16. The third-order valence-corrected chi connectivity index (χ3v) is 3.31. The van der Waals surface area contributed by atoms with E-state index in [4.69, 9.17) is 0 Å². The van der Waals surface area contributed by atoms with E-state index >= 15 is 0 Å². The van der Waals surface area contributed by atoms with Crippen LogP contribution in [0, 0.1) is 6.92 Å². The highest BCUT2D eigenvalue weighted by molar-refractivity contribution is 5.96. The average Bonchev–Trinajstić information content (AvgIpc) is 2.38. The Kier molecular flexibility index (Phi) is 7.31. The second-order valence-electron chi connectivity index (χ2n) is 4.93. The number of carbonyl (C=O) groups excluding carboxylic acids is 1. The number of ketones is 1. The minimum atomic E-state index is 0.245. The van der Waals surface area contributed by atoms with Crippen molar-refractivity contribution in [2.24, 2.45) is 0 Å². The topological polar surface area (TPSA) is 30.0 Å². The van der Waals surface area contributed by atoms with Gasteiger partial charge in [-0.3, -0.25) is 9.78 Å². The van der Waals surface area contributed by atoms with Gasteiger partial charge in [0.1, 0.15) is 0 Å². The predicted octanol–water partition coefficient (Wildman–Crippen LogP) is 4.71. The molecule has 0 aliphatic rings. The molecule has 2 nitrogen and oxygen atoms in total. The molecule has 0 atom stereocenters. The second-order valence-corrected chi connectivity index (χ2v) is 4.93. The summed E-state index contributed by atoms with van der Waals surface area (Å²) in [6, 6.07) is 3.72. The van der Waals surface area contributed by atoms with Gasteiger partial charge >= 0.3 is 0 Å². The molecule has 1 aromatic rings. The minimum Gasteiger partial charge on any atom is -0.294 e. The summed E-state index contributed by atoms with van der Waals surface area (Å²) in [6.07, 6.45) is 11.1. The molecule has 0 saturated carbocycles. The van der Waals surface area contributed by atoms with Gasteiger partial charge in [-0.15, -0.1) is 0 Å². The lowest BCUT2D eigenvalue weighted by Gasteiger charge is -2.04. The molecule has 1 aromatic heterocycles. The maximum absolute atomic E-state index is 12.0. The molecule has 0 spiro atoms. The molecule has 0 bridgehead atoms. The molecule has 1 rings (SSSR count). The number of hydrogen-bond donors (Lipinski definition) is 0. The third kappa shape index (κ3) is 5.44. The first-order chi connectivity index (χ1) is 8.75. The quantitative estimate of drug-likeness (QED) is 0.467. The highest BCUT2D eigenvalue weighted by Gasteiger charge is 2.08. The van der Waals surface area contributed by atoms with Gasteiger partial charge in [-0.05, 0) is 25.5 Å². The fraction of sp³-hybridized carbons (Fsp3) is 0.625. The highest BCUT2D eigenvalue weighted by Crippen LogP contribution is 2.12. The maximum atomic E-state index is 12.0. The van der Waals surface area contributed by atoms with Gasteiger partial charge < -0.3 is 0 Å². The molecule has 1 heterocycles. The molecule has 0 amide bonds. The van der Waals surface area contributed by atoms with Crippen LogP contribution in [-0.2, 0) is 0 Å². The van der Waals surface area contributed by atoms with Gasteiger partial charge in [-0.2, -0.15) is 0 Å². The third-order valence-electron chi connectivity index (χ3n) is 3.31. The molecule has 0 radical (unpaired) electrons. The number of aromatic nitrogens is 1. The predicted molar refractivity (Wildman–Crippen MR) is 75.9 cm³/mol. The van der Waals surface area contributed by atoms with E-state index in [0.717, 1.165) is 17.7 Å². The van der Waals surface area contributed by atoms with Crippen LogP contribution in [0.5, 0.6) is 0 Å². The number of aryl methyl sites for hydroxylation is 1. The molecule has 0 aromatic carbocycles. The molecule has 0 fully saturated rings. The molecule has 0 unspecified atom stereocenters. The summed E-state index contributed by atoms with van der Waals surface area (Å²) < 4.78 is 0. The Morgan fingerprint density at radius 3 is 2.44 bits per heavy atom. The average molecular weight is 247 g/mol. The van der Waals surface area contributed by atoms with E-state index in [1.807, 2.05) is 19.1 Å². The Morgan fingerprint density at radius 2 is 1.78 bits per heavy atom. The van der Waals surface area contributed by atoms with Gasteiger partial charge in [0, 0.05) is 23.9 Å². The van der Waals surface area contributed by atoms with Crippen LogP contribution in [0.2, 0.25) is 0 Å². The zero-order valence-corrected chi connectivity index (χ0v) is 11.7. The Hall–Kier alpha value is -1.18. The number of carbonyl (C=O) groups is 1. The van der Waals surface area contributed by atoms with Crippen LogP contribution in [0.3, 0.4) is 0 Å². The molecule has 2 heteroatoms. The monoisotopic (exact) mass is 247 g/mol. The lowest BCUT2D eigenvalue weighted by atomic mass is 10.0. The van der Waals surface area contributed by atoms with Crippen LogP contribution in [0.25, 0.3) is 0 Å². The van der Waals surface area contributed by atoms with Crippen molar-refractivity contribution in [1.82, 2.24) is 4.98 Å². The summed E-state index contributed by atoms with van der Waals surface area (Å²) >= 11 is 0. The van der Waals surface area contributed by atoms with Crippen LogP contribution >= 0.6 is 0 Å². The lowest BCUT2D eigenvalue weighted by Crippen LogP contribution is -2.02. The van der Waals surface area contributed by atoms with Crippen LogP contribution in [0.4, 0.5) is 0 Å². The van der Waals surface area contributed by atoms with Gasteiger partial charge in [0.05, 0.1) is 0 Å². The zero-order chi connectivity index (χ0) is 13.2. The molecule has 0 aliphatic carbocycles. The van der Waals surface area contributed by atoms with Gasteiger partial charge in [0.25, 0.3) is 0 Å². The van der Waals surface area contributed by atoms with Crippen LogP contribution in [0.1, 0.15) is 74.3 Å².